The molecule has 0 saturated heterocycles. The van der Waals surface area contributed by atoms with Crippen LogP contribution in [0.3, 0.4) is 0 Å². The van der Waals surface area contributed by atoms with Crippen molar-refractivity contribution in [1.82, 2.24) is 19.9 Å². The summed E-state index contributed by atoms with van der Waals surface area (Å²) in [7, 11) is 0. The number of hydrogen-bond acceptors (Lipinski definition) is 8. The third-order valence-electron chi connectivity index (χ3n) is 7.60. The molecule has 0 unspecified atom stereocenters. The molecule has 3 heterocycles. The summed E-state index contributed by atoms with van der Waals surface area (Å²) in [5.41, 5.74) is 3.17. The molecule has 0 spiro atoms. The van der Waals surface area contributed by atoms with Crippen LogP contribution < -0.4 is 0 Å². The van der Waals surface area contributed by atoms with E-state index in [9.17, 15) is 38.6 Å². The van der Waals surface area contributed by atoms with Gasteiger partial charge >= 0.3 is 0 Å². The van der Waals surface area contributed by atoms with Crippen LogP contribution in [0, 0.1) is 69.1 Å². The molecule has 12 heteroatoms. The predicted octanol–water partition coefficient (Wildman–Crippen LogP) is 6.82. The van der Waals surface area contributed by atoms with E-state index in [4.69, 9.17) is 9.97 Å². The molecule has 0 atom stereocenters. The van der Waals surface area contributed by atoms with Gasteiger partial charge in [-0.15, -0.1) is 0 Å². The third-order valence-corrected chi connectivity index (χ3v) is 7.60. The summed E-state index contributed by atoms with van der Waals surface area (Å²) in [6.45, 7) is 0. The van der Waals surface area contributed by atoms with Crippen LogP contribution in [0.15, 0.2) is 71.8 Å². The van der Waals surface area contributed by atoms with E-state index in [0.29, 0.717) is 33.4 Å². The maximum Gasteiger partial charge on any atom is 0.216 e. The Balaban J connectivity index is 1.49. The molecule has 3 aromatic heterocycles. The molecule has 0 bridgehead atoms. The Morgan fingerprint density at radius 1 is 0.413 bits per heavy atom. The molecule has 0 saturated carbocycles. The van der Waals surface area contributed by atoms with Crippen molar-refractivity contribution in [2.75, 3.05) is 0 Å². The van der Waals surface area contributed by atoms with Gasteiger partial charge in [-0.1, -0.05) is 24.3 Å². The number of fused-ring (bicyclic) bond motifs is 6. The van der Waals surface area contributed by atoms with Crippen molar-refractivity contribution in [3.8, 4) is 69.0 Å². The molecule has 0 N–H and O–H groups in total. The highest BCUT2D eigenvalue weighted by Gasteiger charge is 2.36. The Morgan fingerprint density at radius 2 is 0.761 bits per heavy atom. The second-order valence-electron chi connectivity index (χ2n) is 10.1. The van der Waals surface area contributed by atoms with Crippen LogP contribution in [-0.4, -0.2) is 19.9 Å². The van der Waals surface area contributed by atoms with Crippen molar-refractivity contribution in [2.45, 2.75) is 0 Å². The zero-order valence-corrected chi connectivity index (χ0v) is 22.9. The average molecular weight is 607 g/mol. The molecule has 2 aliphatic rings. The van der Waals surface area contributed by atoms with E-state index < -0.39 is 23.8 Å². The minimum absolute atomic E-state index is 0.140. The lowest BCUT2D eigenvalue weighted by atomic mass is 9.96. The van der Waals surface area contributed by atoms with E-state index in [1.165, 1.54) is 0 Å². The monoisotopic (exact) mass is 606 g/mol. The van der Waals surface area contributed by atoms with Crippen LogP contribution in [0.5, 0.6) is 0 Å². The van der Waals surface area contributed by atoms with Gasteiger partial charge in [-0.25, -0.2) is 9.97 Å². The molecule has 2 aliphatic carbocycles. The number of aromatic nitrogens is 4. The zero-order chi connectivity index (χ0) is 32.3. The number of benzene rings is 2. The van der Waals surface area contributed by atoms with Gasteiger partial charge in [0.15, 0.2) is 0 Å². The fourth-order valence-corrected chi connectivity index (χ4v) is 5.73. The first-order chi connectivity index (χ1) is 22.2. The van der Waals surface area contributed by atoms with Crippen molar-refractivity contribution < 1.29 is 17.6 Å². The molecule has 214 valence electrons. The normalized spacial score (nSPS) is 11.7. The highest BCUT2D eigenvalue weighted by Crippen LogP contribution is 2.51. The predicted molar refractivity (Wildman–Crippen MR) is 154 cm³/mol. The minimum Gasteiger partial charge on any atom is -0.243 e. The van der Waals surface area contributed by atoms with Gasteiger partial charge in [0, 0.05) is 46.5 Å². The molecule has 46 heavy (non-hydrogen) atoms. The van der Waals surface area contributed by atoms with Crippen LogP contribution in [0.2, 0.25) is 0 Å². The van der Waals surface area contributed by atoms with Crippen LogP contribution in [0.4, 0.5) is 17.6 Å². The maximum absolute atomic E-state index is 13.9. The van der Waals surface area contributed by atoms with E-state index in [0.717, 1.165) is 24.3 Å². The van der Waals surface area contributed by atoms with Crippen molar-refractivity contribution in [2.24, 2.45) is 0 Å². The summed E-state index contributed by atoms with van der Waals surface area (Å²) < 4.78 is 55.7. The highest BCUT2D eigenvalue weighted by atomic mass is 19.1. The summed E-state index contributed by atoms with van der Waals surface area (Å²) in [6, 6.07) is 21.2. The van der Waals surface area contributed by atoms with E-state index in [-0.39, 0.29) is 56.2 Å². The molecule has 0 radical (unpaired) electrons. The third kappa shape index (κ3) is 4.18. The Kier molecular flexibility index (Phi) is 6.23. The summed E-state index contributed by atoms with van der Waals surface area (Å²) in [5, 5.41) is 39.5. The molecule has 7 rings (SSSR count). The standard InChI is InChI=1S/C34H10F4N8/c35-25-7-17(8-26(36)43-25)15-1-3-21-23(5-15)29(19(11-39)12-40)33-31(21)45-34-30(20(13-41)14-42)24-6-16(2-4-22(24)32(34)46-33)18-9-27(37)44-28(38)10-18/h1-10H. The number of hydrogen-bond donors (Lipinski definition) is 0. The number of halogens is 4. The molecule has 0 aliphatic heterocycles. The largest absolute Gasteiger partial charge is 0.243 e. The van der Waals surface area contributed by atoms with Gasteiger partial charge in [0.25, 0.3) is 0 Å². The van der Waals surface area contributed by atoms with Crippen molar-refractivity contribution in [1.29, 1.82) is 21.0 Å². The zero-order valence-electron chi connectivity index (χ0n) is 22.9. The summed E-state index contributed by atoms with van der Waals surface area (Å²) in [4.78, 5) is 15.9. The van der Waals surface area contributed by atoms with Gasteiger partial charge < -0.3 is 0 Å². The Hall–Kier alpha value is -7.02. The lowest BCUT2D eigenvalue weighted by Crippen LogP contribution is -1.98. The molecular weight excluding hydrogens is 596 g/mol. The number of allylic oxidation sites excluding steroid dienone is 2. The SMILES string of the molecule is N#CC(C#N)=C1c2cc(-c3cc(F)nc(F)c3)ccc2-c2nc3c(nc21)-c1ccc(-c2cc(F)nc(F)c2)cc1C3=C(C#N)C#N. The van der Waals surface area contributed by atoms with Crippen LogP contribution in [0.25, 0.3) is 55.9 Å². The topological polar surface area (TPSA) is 147 Å². The summed E-state index contributed by atoms with van der Waals surface area (Å²) in [6.07, 6.45) is 0. The van der Waals surface area contributed by atoms with Crippen LogP contribution in [0.1, 0.15) is 22.5 Å². The maximum atomic E-state index is 13.9. The molecule has 5 aromatic rings. The molecule has 8 nitrogen and oxygen atoms in total. The number of nitriles is 4. The minimum atomic E-state index is -1.03. The number of nitrogens with zero attached hydrogens (tertiary/aromatic N) is 8. The van der Waals surface area contributed by atoms with E-state index >= 15 is 0 Å². The Morgan fingerprint density at radius 3 is 1.09 bits per heavy atom. The van der Waals surface area contributed by atoms with Gasteiger partial charge in [-0.05, 0) is 45.5 Å². The Labute approximate surface area is 256 Å². The van der Waals surface area contributed by atoms with Crippen molar-refractivity contribution in [3.05, 3.63) is 118 Å². The Bertz CT molecular complexity index is 2230. The van der Waals surface area contributed by atoms with Crippen LogP contribution >= 0.6 is 0 Å². The van der Waals surface area contributed by atoms with Crippen LogP contribution in [-0.2, 0) is 0 Å². The fraction of sp³-hybridized carbons (Fsp3) is 0. The smallest absolute Gasteiger partial charge is 0.216 e. The van der Waals surface area contributed by atoms with E-state index in [1.807, 2.05) is 24.3 Å². The van der Waals surface area contributed by atoms with E-state index in [2.05, 4.69) is 9.97 Å². The number of pyridine rings is 2. The van der Waals surface area contributed by atoms with Gasteiger partial charge in [-0.3, -0.25) is 0 Å². The lowest BCUT2D eigenvalue weighted by Gasteiger charge is -2.07. The second kappa shape index (κ2) is 10.3. The first kappa shape index (κ1) is 27.8. The molecular formula is C34H10F4N8. The summed E-state index contributed by atoms with van der Waals surface area (Å²) >= 11 is 0. The first-order valence-corrected chi connectivity index (χ1v) is 13.2. The van der Waals surface area contributed by atoms with Gasteiger partial charge in [-0.2, -0.15) is 48.6 Å². The van der Waals surface area contributed by atoms with Gasteiger partial charge in [0.1, 0.15) is 46.8 Å². The molecule has 2 aromatic carbocycles. The van der Waals surface area contributed by atoms with Gasteiger partial charge in [0.2, 0.25) is 23.8 Å². The molecule has 0 amide bonds. The lowest BCUT2D eigenvalue weighted by molar-refractivity contribution is 0.512. The van der Waals surface area contributed by atoms with E-state index in [1.54, 1.807) is 36.4 Å². The van der Waals surface area contributed by atoms with Gasteiger partial charge in [0.05, 0.1) is 11.4 Å². The van der Waals surface area contributed by atoms with Crippen molar-refractivity contribution in [3.63, 3.8) is 0 Å². The highest BCUT2D eigenvalue weighted by molar-refractivity contribution is 6.07. The molecule has 0 fully saturated rings. The van der Waals surface area contributed by atoms with Crippen molar-refractivity contribution >= 4 is 11.1 Å². The average Bonchev–Trinajstić information content (AvgIpc) is 3.52. The fourth-order valence-electron chi connectivity index (χ4n) is 5.73. The second-order valence-corrected chi connectivity index (χ2v) is 10.1. The number of rotatable bonds is 2. The quantitative estimate of drug-likeness (QED) is 0.118. The first-order valence-electron chi connectivity index (χ1n) is 13.2. The summed E-state index contributed by atoms with van der Waals surface area (Å²) in [5.74, 6) is -4.13.